The second-order valence-electron chi connectivity index (χ2n) is 4.44. The molecule has 3 nitrogen and oxygen atoms in total. The van der Waals surface area contributed by atoms with E-state index in [-0.39, 0.29) is 11.9 Å². The Balaban J connectivity index is 2.24. The van der Waals surface area contributed by atoms with Crippen LogP contribution in [0.1, 0.15) is 17.2 Å². The number of hydrogen-bond acceptors (Lipinski definition) is 3. The molecule has 0 saturated heterocycles. The van der Waals surface area contributed by atoms with E-state index in [4.69, 9.17) is 4.74 Å². The molecular weight excluding hydrogens is 323 g/mol. The summed E-state index contributed by atoms with van der Waals surface area (Å²) in [5.74, 6) is 0.247. The van der Waals surface area contributed by atoms with Crippen LogP contribution < -0.4 is 10.1 Å². The van der Waals surface area contributed by atoms with Crippen LogP contribution in [0, 0.1) is 5.82 Å². The highest BCUT2D eigenvalue weighted by atomic mass is 79.9. The Morgan fingerprint density at radius 1 is 1.35 bits per heavy atom. The molecule has 1 N–H and O–H groups in total. The van der Waals surface area contributed by atoms with Gasteiger partial charge in [-0.05, 0) is 47.1 Å². The Morgan fingerprint density at radius 2 is 2.15 bits per heavy atom. The maximum absolute atomic E-state index is 14.1. The lowest BCUT2D eigenvalue weighted by molar-refractivity contribution is 0.409. The van der Waals surface area contributed by atoms with Crippen molar-refractivity contribution in [3.8, 4) is 5.75 Å². The van der Waals surface area contributed by atoms with E-state index >= 15 is 0 Å². The first-order valence-electron chi connectivity index (χ1n) is 6.24. The van der Waals surface area contributed by atoms with Gasteiger partial charge >= 0.3 is 0 Å². The Kier molecular flexibility index (Phi) is 5.09. The van der Waals surface area contributed by atoms with Crippen LogP contribution in [0.15, 0.2) is 41.1 Å². The van der Waals surface area contributed by atoms with E-state index in [1.54, 1.807) is 24.5 Å². The summed E-state index contributed by atoms with van der Waals surface area (Å²) in [6, 6.07) is 6.79. The topological polar surface area (TPSA) is 34.2 Å². The maximum atomic E-state index is 14.1. The number of rotatable bonds is 5. The van der Waals surface area contributed by atoms with Crippen molar-refractivity contribution in [2.24, 2.45) is 0 Å². The largest absolute Gasteiger partial charge is 0.497 e. The average Bonchev–Trinajstić information content (AvgIpc) is 2.45. The first kappa shape index (κ1) is 14.9. The third-order valence-corrected chi connectivity index (χ3v) is 3.57. The van der Waals surface area contributed by atoms with Crippen LogP contribution in [0.25, 0.3) is 0 Å². The third kappa shape index (κ3) is 3.55. The minimum absolute atomic E-state index is 0.114. The van der Waals surface area contributed by atoms with Crippen molar-refractivity contribution in [2.75, 3.05) is 14.2 Å². The van der Waals surface area contributed by atoms with Gasteiger partial charge in [0.2, 0.25) is 0 Å². The molecular formula is C15H16BrFN2O. The summed E-state index contributed by atoms with van der Waals surface area (Å²) in [6.45, 7) is 0. The number of benzene rings is 1. The summed E-state index contributed by atoms with van der Waals surface area (Å²) in [5, 5.41) is 3.14. The molecule has 2 aromatic rings. The van der Waals surface area contributed by atoms with Crippen LogP contribution in [-0.4, -0.2) is 19.1 Å². The summed E-state index contributed by atoms with van der Waals surface area (Å²) < 4.78 is 20.0. The van der Waals surface area contributed by atoms with Gasteiger partial charge in [0.25, 0.3) is 0 Å². The van der Waals surface area contributed by atoms with Gasteiger partial charge < -0.3 is 10.1 Å². The molecule has 1 aromatic carbocycles. The fraction of sp³-hybridized carbons (Fsp3) is 0.267. The van der Waals surface area contributed by atoms with Gasteiger partial charge in [0.1, 0.15) is 11.6 Å². The van der Waals surface area contributed by atoms with Crippen molar-refractivity contribution in [1.82, 2.24) is 10.3 Å². The molecule has 20 heavy (non-hydrogen) atoms. The van der Waals surface area contributed by atoms with Gasteiger partial charge in [0.15, 0.2) is 0 Å². The predicted octanol–water partition coefficient (Wildman–Crippen LogP) is 3.50. The Labute approximate surface area is 126 Å². The molecule has 0 aliphatic carbocycles. The average molecular weight is 339 g/mol. The Hall–Kier alpha value is -1.46. The molecule has 0 saturated carbocycles. The fourth-order valence-electron chi connectivity index (χ4n) is 2.09. The molecule has 0 aliphatic rings. The smallest absolute Gasteiger partial charge is 0.131 e. The quantitative estimate of drug-likeness (QED) is 0.905. The summed E-state index contributed by atoms with van der Waals surface area (Å²) >= 11 is 3.39. The highest BCUT2D eigenvalue weighted by Gasteiger charge is 2.15. The van der Waals surface area contributed by atoms with Crippen molar-refractivity contribution in [3.63, 3.8) is 0 Å². The van der Waals surface area contributed by atoms with Crippen molar-refractivity contribution < 1.29 is 9.13 Å². The van der Waals surface area contributed by atoms with Crippen LogP contribution in [0.5, 0.6) is 5.75 Å². The van der Waals surface area contributed by atoms with Gasteiger partial charge in [-0.2, -0.15) is 0 Å². The molecule has 0 spiro atoms. The molecule has 1 heterocycles. The van der Waals surface area contributed by atoms with E-state index < -0.39 is 0 Å². The second kappa shape index (κ2) is 6.81. The number of ether oxygens (including phenoxy) is 1. The molecule has 0 amide bonds. The number of likely N-dealkylation sites (N-methyl/N-ethyl adjacent to an activating group) is 1. The number of halogens is 2. The van der Waals surface area contributed by atoms with Crippen LogP contribution in [0.2, 0.25) is 0 Å². The number of methoxy groups -OCH3 is 1. The van der Waals surface area contributed by atoms with E-state index in [2.05, 4.69) is 26.2 Å². The number of hydrogen-bond donors (Lipinski definition) is 1. The third-order valence-electron chi connectivity index (χ3n) is 3.13. The van der Waals surface area contributed by atoms with E-state index in [0.717, 1.165) is 10.0 Å². The zero-order chi connectivity index (χ0) is 14.5. The van der Waals surface area contributed by atoms with Crippen LogP contribution in [-0.2, 0) is 6.42 Å². The van der Waals surface area contributed by atoms with Gasteiger partial charge in [0.05, 0.1) is 7.11 Å². The molecule has 0 bridgehead atoms. The van der Waals surface area contributed by atoms with Crippen molar-refractivity contribution in [1.29, 1.82) is 0 Å². The maximum Gasteiger partial charge on any atom is 0.131 e. The minimum atomic E-state index is -0.272. The van der Waals surface area contributed by atoms with Gasteiger partial charge in [-0.3, -0.25) is 4.98 Å². The van der Waals surface area contributed by atoms with E-state index in [1.807, 2.05) is 13.1 Å². The highest BCUT2D eigenvalue weighted by Crippen LogP contribution is 2.25. The first-order chi connectivity index (χ1) is 9.63. The molecule has 0 radical (unpaired) electrons. The lowest BCUT2D eigenvalue weighted by Gasteiger charge is -2.18. The number of aromatic nitrogens is 1. The van der Waals surface area contributed by atoms with E-state index in [0.29, 0.717) is 17.7 Å². The van der Waals surface area contributed by atoms with Gasteiger partial charge in [-0.15, -0.1) is 0 Å². The summed E-state index contributed by atoms with van der Waals surface area (Å²) in [6.07, 6.45) is 4.18. The molecule has 1 aromatic heterocycles. The molecule has 0 aliphatic heterocycles. The molecule has 5 heteroatoms. The number of nitrogens with one attached hydrogen (secondary N) is 1. The fourth-order valence-corrected chi connectivity index (χ4v) is 2.50. The molecule has 2 rings (SSSR count). The van der Waals surface area contributed by atoms with Gasteiger partial charge in [0, 0.05) is 34.5 Å². The first-order valence-corrected chi connectivity index (χ1v) is 7.03. The highest BCUT2D eigenvalue weighted by molar-refractivity contribution is 9.10. The SMILES string of the molecule is CNC(Cc1cncc(Br)c1)c1ccc(OC)cc1F. The van der Waals surface area contributed by atoms with E-state index in [1.165, 1.54) is 13.2 Å². The molecule has 0 fully saturated rings. The van der Waals surface area contributed by atoms with Gasteiger partial charge in [-0.25, -0.2) is 4.39 Å². The molecule has 1 unspecified atom stereocenters. The molecule has 1 atom stereocenters. The van der Waals surface area contributed by atoms with Crippen LogP contribution in [0.4, 0.5) is 4.39 Å². The summed E-state index contributed by atoms with van der Waals surface area (Å²) in [5.41, 5.74) is 1.65. The van der Waals surface area contributed by atoms with Crippen molar-refractivity contribution >= 4 is 15.9 Å². The number of pyridine rings is 1. The van der Waals surface area contributed by atoms with Crippen molar-refractivity contribution in [2.45, 2.75) is 12.5 Å². The number of nitrogens with zero attached hydrogens (tertiary/aromatic N) is 1. The Morgan fingerprint density at radius 3 is 2.75 bits per heavy atom. The predicted molar refractivity (Wildman–Crippen MR) is 80.4 cm³/mol. The summed E-state index contributed by atoms with van der Waals surface area (Å²) in [7, 11) is 3.34. The standard InChI is InChI=1S/C15H16BrFN2O/c1-18-15(6-10-5-11(16)9-19-8-10)13-4-3-12(20-2)7-14(13)17/h3-5,7-9,15,18H,6H2,1-2H3. The van der Waals surface area contributed by atoms with Crippen molar-refractivity contribution in [3.05, 3.63) is 58.1 Å². The monoisotopic (exact) mass is 338 g/mol. The summed E-state index contributed by atoms with van der Waals surface area (Å²) in [4.78, 5) is 4.13. The second-order valence-corrected chi connectivity index (χ2v) is 5.36. The normalized spacial score (nSPS) is 12.2. The lowest BCUT2D eigenvalue weighted by Crippen LogP contribution is -2.20. The zero-order valence-corrected chi connectivity index (χ0v) is 12.9. The lowest BCUT2D eigenvalue weighted by atomic mass is 9.99. The molecule has 106 valence electrons. The van der Waals surface area contributed by atoms with Gasteiger partial charge in [-0.1, -0.05) is 6.07 Å². The van der Waals surface area contributed by atoms with E-state index in [9.17, 15) is 4.39 Å². The van der Waals surface area contributed by atoms with Crippen LogP contribution in [0.3, 0.4) is 0 Å². The van der Waals surface area contributed by atoms with Crippen LogP contribution >= 0.6 is 15.9 Å². The Bertz CT molecular complexity index is 592. The minimum Gasteiger partial charge on any atom is -0.497 e. The zero-order valence-electron chi connectivity index (χ0n) is 11.4.